The first-order chi connectivity index (χ1) is 16.2. The van der Waals surface area contributed by atoms with Gasteiger partial charge in [0.2, 0.25) is 0 Å². The van der Waals surface area contributed by atoms with E-state index in [1.54, 1.807) is 0 Å². The monoisotopic (exact) mass is 439 g/mol. The summed E-state index contributed by atoms with van der Waals surface area (Å²) in [5.41, 5.74) is 3.92. The molecule has 2 heterocycles. The SMILES string of the molecule is O=C(c1cccc(-c2ccccc2)c1)C1CC2CCCC(C1)N2C(=O)OCc1ccccc1. The highest BCUT2D eigenvalue weighted by atomic mass is 16.6. The van der Waals surface area contributed by atoms with Gasteiger partial charge in [-0.15, -0.1) is 0 Å². The summed E-state index contributed by atoms with van der Waals surface area (Å²) in [6, 6.07) is 28.0. The number of carbonyl (C=O) groups is 2. The third-order valence-corrected chi connectivity index (χ3v) is 7.02. The Hall–Kier alpha value is -3.40. The van der Waals surface area contributed by atoms with Gasteiger partial charge in [0.15, 0.2) is 5.78 Å². The van der Waals surface area contributed by atoms with Crippen molar-refractivity contribution >= 4 is 11.9 Å². The molecule has 0 radical (unpaired) electrons. The number of piperidine rings is 2. The molecule has 3 aromatic carbocycles. The van der Waals surface area contributed by atoms with Gasteiger partial charge in [-0.2, -0.15) is 0 Å². The molecule has 1 amide bonds. The highest BCUT2D eigenvalue weighted by molar-refractivity contribution is 5.99. The van der Waals surface area contributed by atoms with Crippen LogP contribution in [-0.4, -0.2) is 28.9 Å². The first-order valence-corrected chi connectivity index (χ1v) is 11.9. The topological polar surface area (TPSA) is 46.6 Å². The first-order valence-electron chi connectivity index (χ1n) is 11.9. The summed E-state index contributed by atoms with van der Waals surface area (Å²) in [4.78, 5) is 28.3. The highest BCUT2D eigenvalue weighted by Gasteiger charge is 2.43. The third kappa shape index (κ3) is 4.70. The minimum atomic E-state index is -0.245. The summed E-state index contributed by atoms with van der Waals surface area (Å²) >= 11 is 0. The molecular weight excluding hydrogens is 410 g/mol. The molecule has 2 bridgehead atoms. The number of hydrogen-bond acceptors (Lipinski definition) is 3. The lowest BCUT2D eigenvalue weighted by molar-refractivity contribution is 0.00473. The maximum Gasteiger partial charge on any atom is 0.410 e. The molecule has 0 N–H and O–H groups in total. The van der Waals surface area contributed by atoms with Crippen molar-refractivity contribution in [3.63, 3.8) is 0 Å². The summed E-state index contributed by atoms with van der Waals surface area (Å²) in [6.07, 6.45) is 4.15. The molecular formula is C29H29NO3. The van der Waals surface area contributed by atoms with E-state index < -0.39 is 0 Å². The zero-order chi connectivity index (χ0) is 22.6. The van der Waals surface area contributed by atoms with Crippen molar-refractivity contribution in [3.8, 4) is 11.1 Å². The molecule has 3 aromatic rings. The smallest absolute Gasteiger partial charge is 0.410 e. The quantitative estimate of drug-likeness (QED) is 0.426. The van der Waals surface area contributed by atoms with Crippen LogP contribution in [0.2, 0.25) is 0 Å². The van der Waals surface area contributed by atoms with Crippen LogP contribution in [0.15, 0.2) is 84.9 Å². The number of hydrogen-bond donors (Lipinski definition) is 0. The van der Waals surface area contributed by atoms with Crippen molar-refractivity contribution in [3.05, 3.63) is 96.1 Å². The Bertz CT molecular complexity index is 1100. The second-order valence-corrected chi connectivity index (χ2v) is 9.17. The zero-order valence-electron chi connectivity index (χ0n) is 18.7. The lowest BCUT2D eigenvalue weighted by Crippen LogP contribution is -2.55. The Kier molecular flexibility index (Phi) is 6.25. The van der Waals surface area contributed by atoms with Crippen LogP contribution in [0.3, 0.4) is 0 Å². The molecule has 0 spiro atoms. The summed E-state index contributed by atoms with van der Waals surface area (Å²) in [5, 5.41) is 0. The van der Waals surface area contributed by atoms with Crippen LogP contribution in [0.5, 0.6) is 0 Å². The number of fused-ring (bicyclic) bond motifs is 2. The fraction of sp³-hybridized carbons (Fsp3) is 0.310. The largest absolute Gasteiger partial charge is 0.445 e. The van der Waals surface area contributed by atoms with E-state index in [0.29, 0.717) is 12.8 Å². The van der Waals surface area contributed by atoms with Crippen LogP contribution in [0, 0.1) is 5.92 Å². The van der Waals surface area contributed by atoms with Gasteiger partial charge in [0.1, 0.15) is 6.61 Å². The number of amides is 1. The molecule has 5 rings (SSSR count). The lowest BCUT2D eigenvalue weighted by Gasteiger charge is -2.47. The third-order valence-electron chi connectivity index (χ3n) is 7.02. The Morgan fingerprint density at radius 3 is 2.12 bits per heavy atom. The molecule has 33 heavy (non-hydrogen) atoms. The fourth-order valence-corrected chi connectivity index (χ4v) is 5.41. The Balaban J connectivity index is 1.28. The van der Waals surface area contributed by atoms with E-state index in [-0.39, 0.29) is 36.5 Å². The average Bonchev–Trinajstić information content (AvgIpc) is 2.87. The number of Topliss-reactive ketones (excluding diaryl/α,β-unsaturated/α-hetero) is 1. The molecule has 2 atom stereocenters. The van der Waals surface area contributed by atoms with Gasteiger partial charge >= 0.3 is 6.09 Å². The number of rotatable bonds is 5. The van der Waals surface area contributed by atoms with Gasteiger partial charge in [0, 0.05) is 23.6 Å². The molecule has 2 fully saturated rings. The number of ketones is 1. The van der Waals surface area contributed by atoms with Crippen LogP contribution >= 0.6 is 0 Å². The summed E-state index contributed by atoms with van der Waals surface area (Å²) in [6.45, 7) is 0.282. The molecule has 4 nitrogen and oxygen atoms in total. The average molecular weight is 440 g/mol. The lowest BCUT2D eigenvalue weighted by atomic mass is 9.75. The van der Waals surface area contributed by atoms with Crippen molar-refractivity contribution in [2.45, 2.75) is 50.8 Å². The van der Waals surface area contributed by atoms with Gasteiger partial charge in [-0.25, -0.2) is 4.79 Å². The molecule has 2 aliphatic heterocycles. The van der Waals surface area contributed by atoms with Crippen LogP contribution in [-0.2, 0) is 11.3 Å². The van der Waals surface area contributed by atoms with E-state index in [0.717, 1.165) is 41.5 Å². The van der Waals surface area contributed by atoms with Gasteiger partial charge in [-0.05, 0) is 54.9 Å². The highest BCUT2D eigenvalue weighted by Crippen LogP contribution is 2.39. The Morgan fingerprint density at radius 1 is 0.788 bits per heavy atom. The van der Waals surface area contributed by atoms with Crippen LogP contribution in [0.25, 0.3) is 11.1 Å². The van der Waals surface area contributed by atoms with E-state index in [1.165, 1.54) is 0 Å². The van der Waals surface area contributed by atoms with Crippen molar-refractivity contribution in [1.29, 1.82) is 0 Å². The maximum absolute atomic E-state index is 13.5. The molecule has 0 saturated carbocycles. The molecule has 0 aliphatic carbocycles. The molecule has 4 heteroatoms. The van der Waals surface area contributed by atoms with Gasteiger partial charge in [-0.1, -0.05) is 78.9 Å². The van der Waals surface area contributed by atoms with E-state index in [2.05, 4.69) is 12.1 Å². The zero-order valence-corrected chi connectivity index (χ0v) is 18.7. The van der Waals surface area contributed by atoms with Gasteiger partial charge in [-0.3, -0.25) is 4.79 Å². The van der Waals surface area contributed by atoms with Crippen molar-refractivity contribution < 1.29 is 14.3 Å². The van der Waals surface area contributed by atoms with Crippen LogP contribution in [0.4, 0.5) is 4.79 Å². The minimum Gasteiger partial charge on any atom is -0.445 e. The van der Waals surface area contributed by atoms with Crippen LogP contribution < -0.4 is 0 Å². The Labute approximate surface area is 195 Å². The van der Waals surface area contributed by atoms with E-state index in [4.69, 9.17) is 4.74 Å². The molecule has 2 saturated heterocycles. The van der Waals surface area contributed by atoms with Crippen molar-refractivity contribution in [2.75, 3.05) is 0 Å². The standard InChI is InChI=1S/C29H29NO3/c31-28(24-14-7-13-23(17-24)22-11-5-2-6-12-22)25-18-26-15-8-16-27(19-25)30(26)29(32)33-20-21-9-3-1-4-10-21/h1-7,9-14,17,25-27H,8,15-16,18-20H2. The summed E-state index contributed by atoms with van der Waals surface area (Å²) in [5.74, 6) is 0.145. The minimum absolute atomic E-state index is 0.0514. The van der Waals surface area contributed by atoms with Crippen LogP contribution in [0.1, 0.15) is 48.0 Å². The van der Waals surface area contributed by atoms with E-state index in [9.17, 15) is 9.59 Å². The predicted octanol–water partition coefficient (Wildman–Crippen LogP) is 6.51. The number of carbonyl (C=O) groups excluding carboxylic acids is 2. The molecule has 0 aromatic heterocycles. The normalized spacial score (nSPS) is 21.9. The number of benzene rings is 3. The predicted molar refractivity (Wildman–Crippen MR) is 129 cm³/mol. The molecule has 2 unspecified atom stereocenters. The van der Waals surface area contributed by atoms with Gasteiger partial charge in [0.05, 0.1) is 0 Å². The number of ether oxygens (including phenoxy) is 1. The van der Waals surface area contributed by atoms with Gasteiger partial charge in [0.25, 0.3) is 0 Å². The Morgan fingerprint density at radius 2 is 1.42 bits per heavy atom. The van der Waals surface area contributed by atoms with Gasteiger partial charge < -0.3 is 9.64 Å². The maximum atomic E-state index is 13.5. The van der Waals surface area contributed by atoms with Crippen molar-refractivity contribution in [2.24, 2.45) is 5.92 Å². The summed E-state index contributed by atoms with van der Waals surface area (Å²) < 4.78 is 5.65. The first kappa shape index (κ1) is 21.4. The molecule has 2 aliphatic rings. The fourth-order valence-electron chi connectivity index (χ4n) is 5.41. The second-order valence-electron chi connectivity index (χ2n) is 9.17. The number of nitrogens with zero attached hydrogens (tertiary/aromatic N) is 1. The van der Waals surface area contributed by atoms with E-state index >= 15 is 0 Å². The van der Waals surface area contributed by atoms with E-state index in [1.807, 2.05) is 77.7 Å². The molecule has 168 valence electrons. The second kappa shape index (κ2) is 9.62. The summed E-state index contributed by atoms with van der Waals surface area (Å²) in [7, 11) is 0. The van der Waals surface area contributed by atoms with Crippen molar-refractivity contribution in [1.82, 2.24) is 4.90 Å².